The monoisotopic (exact) mass is 1550 g/mol. The molecule has 0 aliphatic rings. The standard InChI is InChI=1S/C89H148O17P2/c1-5-9-13-17-21-25-29-33-37-39-41-43-47-50-54-58-62-66-70-74-87(92)100-80-84(105-88(93)75-71-67-63-59-55-51-46-36-32-28-24-20-16-12-8-4)81-103-107(95,96)101-77-83(90)78-102-108(97,98)104-82-85(79-99-86(91)73-69-65-61-57-53-49-45-35-31-27-23-19-15-11-7-3)106-89(94)76-72-68-64-60-56-52-48-44-42-40-38-34-30-26-22-18-14-10-6-2/h9,13,21-22,25-28,31-34,37-38,41-44,50,52,54,56,62,64,66,68,83-85,90H,5-8,10-12,14-20,23-24,29-30,35-36,39-40,45-49,51,53,55,57-61,63,65,67,69-82H2,1-4H3,(H,95,96)(H,97,98)/b13-9-,25-21-,26-22-,31-27-,32-28-,37-33-,38-34-,43-41-,44-42-,54-50-,56-52-,66-62-,68-64-/t83-,84-,85-/m1/s1. The molecular weight excluding hydrogens is 1400 g/mol. The van der Waals surface area contributed by atoms with Crippen LogP contribution in [0.15, 0.2) is 158 Å². The maximum atomic E-state index is 13.1. The Labute approximate surface area is 655 Å². The summed E-state index contributed by atoms with van der Waals surface area (Å²) in [4.78, 5) is 73.1. The number of aliphatic hydroxyl groups excluding tert-OH is 1. The van der Waals surface area contributed by atoms with Crippen molar-refractivity contribution in [3.05, 3.63) is 158 Å². The largest absolute Gasteiger partial charge is 0.472 e. The predicted octanol–water partition coefficient (Wildman–Crippen LogP) is 24.8. The van der Waals surface area contributed by atoms with Crippen molar-refractivity contribution in [2.45, 2.75) is 341 Å². The Balaban J connectivity index is 5.51. The zero-order valence-electron chi connectivity index (χ0n) is 67.5. The predicted molar refractivity (Wildman–Crippen MR) is 445 cm³/mol. The van der Waals surface area contributed by atoms with E-state index < -0.39 is 97.5 Å². The molecule has 0 saturated heterocycles. The van der Waals surface area contributed by atoms with Gasteiger partial charge in [0.1, 0.15) is 19.3 Å². The number of carbonyl (C=O) groups is 4. The van der Waals surface area contributed by atoms with Crippen LogP contribution < -0.4 is 0 Å². The van der Waals surface area contributed by atoms with Crippen molar-refractivity contribution in [2.24, 2.45) is 0 Å². The van der Waals surface area contributed by atoms with E-state index in [1.807, 2.05) is 36.5 Å². The summed E-state index contributed by atoms with van der Waals surface area (Å²) in [5, 5.41) is 10.7. The lowest BCUT2D eigenvalue weighted by atomic mass is 10.1. The molecule has 0 spiro atoms. The van der Waals surface area contributed by atoms with Crippen molar-refractivity contribution in [1.82, 2.24) is 0 Å². The molecule has 0 heterocycles. The quantitative estimate of drug-likeness (QED) is 0.0169. The van der Waals surface area contributed by atoms with Crippen LogP contribution in [0.3, 0.4) is 0 Å². The van der Waals surface area contributed by atoms with Gasteiger partial charge in [0.15, 0.2) is 12.2 Å². The highest BCUT2D eigenvalue weighted by Crippen LogP contribution is 2.45. The first-order chi connectivity index (χ1) is 52.7. The van der Waals surface area contributed by atoms with Gasteiger partial charge in [-0.1, -0.05) is 301 Å². The van der Waals surface area contributed by atoms with Crippen molar-refractivity contribution in [3.8, 4) is 0 Å². The first-order valence-electron chi connectivity index (χ1n) is 41.7. The Hall–Kier alpha value is -5.32. The number of allylic oxidation sites excluding steroid dienone is 26. The Bertz CT molecular complexity index is 2660. The normalized spacial score (nSPS) is 14.6. The van der Waals surface area contributed by atoms with E-state index in [1.165, 1.54) is 70.6 Å². The lowest BCUT2D eigenvalue weighted by Gasteiger charge is -2.21. The van der Waals surface area contributed by atoms with Gasteiger partial charge in [0.05, 0.1) is 26.4 Å². The zero-order chi connectivity index (χ0) is 78.9. The van der Waals surface area contributed by atoms with E-state index in [1.54, 1.807) is 0 Å². The second-order valence-corrected chi connectivity index (χ2v) is 30.2. The third kappa shape index (κ3) is 78.8. The fourth-order valence-electron chi connectivity index (χ4n) is 10.6. The van der Waals surface area contributed by atoms with Gasteiger partial charge in [0, 0.05) is 25.7 Å². The molecule has 5 atom stereocenters. The molecule has 0 aliphatic carbocycles. The molecule has 0 saturated carbocycles. The first-order valence-corrected chi connectivity index (χ1v) is 44.7. The van der Waals surface area contributed by atoms with Crippen molar-refractivity contribution >= 4 is 39.5 Å². The van der Waals surface area contributed by atoms with E-state index >= 15 is 0 Å². The molecule has 0 aromatic heterocycles. The summed E-state index contributed by atoms with van der Waals surface area (Å²) in [6.07, 6.45) is 93.8. The van der Waals surface area contributed by atoms with Crippen molar-refractivity contribution < 1.29 is 80.2 Å². The van der Waals surface area contributed by atoms with E-state index in [9.17, 15) is 43.2 Å². The van der Waals surface area contributed by atoms with Gasteiger partial charge in [-0.25, -0.2) is 9.13 Å². The molecule has 0 radical (unpaired) electrons. The summed E-state index contributed by atoms with van der Waals surface area (Å²) in [5.74, 6) is -2.38. The van der Waals surface area contributed by atoms with Crippen LogP contribution in [0.2, 0.25) is 0 Å². The smallest absolute Gasteiger partial charge is 0.462 e. The van der Waals surface area contributed by atoms with Gasteiger partial charge >= 0.3 is 39.5 Å². The molecule has 0 amide bonds. The Morgan fingerprint density at radius 2 is 0.500 bits per heavy atom. The summed E-state index contributed by atoms with van der Waals surface area (Å²) >= 11 is 0. The Kier molecular flexibility index (Phi) is 75.8. The summed E-state index contributed by atoms with van der Waals surface area (Å²) in [7, 11) is -10.0. The van der Waals surface area contributed by atoms with Crippen LogP contribution in [-0.4, -0.2) is 96.7 Å². The van der Waals surface area contributed by atoms with Crippen LogP contribution in [0.25, 0.3) is 0 Å². The second-order valence-electron chi connectivity index (χ2n) is 27.3. The average Bonchev–Trinajstić information content (AvgIpc) is 0.914. The molecule has 616 valence electrons. The van der Waals surface area contributed by atoms with E-state index in [0.717, 1.165) is 161 Å². The van der Waals surface area contributed by atoms with E-state index in [-0.39, 0.29) is 25.7 Å². The summed E-state index contributed by atoms with van der Waals surface area (Å²) < 4.78 is 68.6. The van der Waals surface area contributed by atoms with E-state index in [4.69, 9.17) is 37.0 Å². The minimum Gasteiger partial charge on any atom is -0.462 e. The summed E-state index contributed by atoms with van der Waals surface area (Å²) in [5.41, 5.74) is 0. The molecule has 2 unspecified atom stereocenters. The topological polar surface area (TPSA) is 237 Å². The molecule has 0 rings (SSSR count). The molecule has 0 aromatic rings. The Morgan fingerprint density at radius 1 is 0.269 bits per heavy atom. The number of aliphatic hydroxyl groups is 1. The van der Waals surface area contributed by atoms with Crippen LogP contribution in [-0.2, 0) is 65.4 Å². The highest BCUT2D eigenvalue weighted by molar-refractivity contribution is 7.47. The van der Waals surface area contributed by atoms with Crippen molar-refractivity contribution in [1.29, 1.82) is 0 Å². The highest BCUT2D eigenvalue weighted by Gasteiger charge is 2.30. The zero-order valence-corrected chi connectivity index (χ0v) is 69.3. The van der Waals surface area contributed by atoms with Gasteiger partial charge in [-0.3, -0.25) is 37.3 Å². The lowest BCUT2D eigenvalue weighted by Crippen LogP contribution is -2.30. The summed E-state index contributed by atoms with van der Waals surface area (Å²) in [6.45, 7) is 4.54. The number of unbranched alkanes of at least 4 members (excludes halogenated alkanes) is 25. The number of rotatable bonds is 77. The molecular formula is C89H148O17P2. The number of ether oxygens (including phenoxy) is 4. The third-order valence-corrected chi connectivity index (χ3v) is 18.9. The van der Waals surface area contributed by atoms with E-state index in [0.29, 0.717) is 38.5 Å². The van der Waals surface area contributed by atoms with Gasteiger partial charge in [-0.05, 0) is 154 Å². The van der Waals surface area contributed by atoms with Gasteiger partial charge in [0.2, 0.25) is 0 Å². The molecule has 17 nitrogen and oxygen atoms in total. The van der Waals surface area contributed by atoms with Gasteiger partial charge in [-0.2, -0.15) is 0 Å². The lowest BCUT2D eigenvalue weighted by molar-refractivity contribution is -0.161. The minimum absolute atomic E-state index is 0.0297. The van der Waals surface area contributed by atoms with E-state index in [2.05, 4.69) is 149 Å². The molecule has 0 bridgehead atoms. The molecule has 3 N–H and O–H groups in total. The molecule has 19 heteroatoms. The van der Waals surface area contributed by atoms with Crippen molar-refractivity contribution in [3.63, 3.8) is 0 Å². The number of esters is 4. The number of hydrogen-bond donors (Lipinski definition) is 3. The second kappa shape index (κ2) is 79.8. The van der Waals surface area contributed by atoms with Crippen LogP contribution in [0, 0.1) is 0 Å². The number of phosphoric ester groups is 2. The maximum Gasteiger partial charge on any atom is 0.472 e. The number of hydrogen-bond acceptors (Lipinski definition) is 15. The average molecular weight is 1550 g/mol. The van der Waals surface area contributed by atoms with Gasteiger partial charge in [0.25, 0.3) is 0 Å². The van der Waals surface area contributed by atoms with Crippen LogP contribution in [0.1, 0.15) is 323 Å². The third-order valence-electron chi connectivity index (χ3n) is 17.0. The van der Waals surface area contributed by atoms with Gasteiger partial charge < -0.3 is 33.8 Å². The fourth-order valence-corrected chi connectivity index (χ4v) is 12.2. The summed E-state index contributed by atoms with van der Waals surface area (Å²) in [6, 6.07) is 0. The van der Waals surface area contributed by atoms with Crippen LogP contribution in [0.4, 0.5) is 0 Å². The molecule has 0 fully saturated rings. The van der Waals surface area contributed by atoms with Crippen LogP contribution >= 0.6 is 15.6 Å². The molecule has 0 aromatic carbocycles. The minimum atomic E-state index is -5.01. The van der Waals surface area contributed by atoms with Crippen LogP contribution in [0.5, 0.6) is 0 Å². The number of carbonyl (C=O) groups excluding carboxylic acids is 4. The first kappa shape index (κ1) is 103. The fraction of sp³-hybridized carbons (Fsp3) is 0.663. The Morgan fingerprint density at radius 3 is 0.843 bits per heavy atom. The number of phosphoric acid groups is 2. The maximum absolute atomic E-state index is 13.1. The molecule has 0 aliphatic heterocycles. The van der Waals surface area contributed by atoms with Gasteiger partial charge in [-0.15, -0.1) is 0 Å². The molecule has 108 heavy (non-hydrogen) atoms. The van der Waals surface area contributed by atoms with Crippen molar-refractivity contribution in [2.75, 3.05) is 39.6 Å². The SMILES string of the molecule is CC/C=C\C/C=C\C/C=C\C/C=C\C/C=C\C/C=C\CCC(=O)OC[C@H](COP(=O)(O)OC[C@@H](O)COP(=O)(O)OC[C@@H](COC(=O)CCCCCCCCC/C=C\CCCCCC)OC(=O)CC/C=C\C/C=C\C/C=C\C/C=C\C/C=C\CCCCC)OC(=O)CCCCCCCCC/C=C\CCCCCC. The highest BCUT2D eigenvalue weighted by atomic mass is 31.2.